The van der Waals surface area contributed by atoms with Crippen LogP contribution in [0.2, 0.25) is 0 Å². The molecule has 19 heavy (non-hydrogen) atoms. The lowest BCUT2D eigenvalue weighted by Crippen LogP contribution is -2.08. The Hall–Kier alpha value is -2.31. The third-order valence-corrected chi connectivity index (χ3v) is 2.37. The molecule has 2 aromatic heterocycles. The Kier molecular flexibility index (Phi) is 4.17. The summed E-state index contributed by atoms with van der Waals surface area (Å²) in [6, 6.07) is 0. The number of aryl methyl sites for hydroxylation is 1. The molecule has 0 saturated carbocycles. The number of nitrogens with one attached hydrogen (secondary N) is 1. The average molecular weight is 263 g/mol. The number of anilines is 2. The first-order chi connectivity index (χ1) is 9.20. The van der Waals surface area contributed by atoms with E-state index in [0.717, 1.165) is 12.2 Å². The molecule has 0 aromatic carbocycles. The van der Waals surface area contributed by atoms with E-state index in [1.807, 2.05) is 13.8 Å². The summed E-state index contributed by atoms with van der Waals surface area (Å²) in [5.74, 6) is 2.24. The quantitative estimate of drug-likeness (QED) is 0.819. The van der Waals surface area contributed by atoms with Gasteiger partial charge < -0.3 is 20.2 Å². The van der Waals surface area contributed by atoms with Crippen LogP contribution < -0.4 is 15.8 Å². The van der Waals surface area contributed by atoms with Gasteiger partial charge in [-0.15, -0.1) is 0 Å². The third-order valence-electron chi connectivity index (χ3n) is 2.37. The second kappa shape index (κ2) is 6.03. The largest absolute Gasteiger partial charge is 0.476 e. The van der Waals surface area contributed by atoms with Crippen LogP contribution in [0.4, 0.5) is 11.5 Å². The van der Waals surface area contributed by atoms with Gasteiger partial charge in [-0.1, -0.05) is 6.92 Å². The van der Waals surface area contributed by atoms with E-state index in [1.165, 1.54) is 6.33 Å². The standard InChI is InChI=1S/C12H17N5O2/c1-3-4-18-12-10(13)11(16-7-17-12)15-6-9-14-5-8(2)19-9/h5,7H,3-4,6,13H2,1-2H3,(H,15,16,17). The van der Waals surface area contributed by atoms with E-state index in [-0.39, 0.29) is 0 Å². The molecule has 0 fully saturated rings. The van der Waals surface area contributed by atoms with Crippen molar-refractivity contribution in [2.45, 2.75) is 26.8 Å². The minimum Gasteiger partial charge on any atom is -0.476 e. The van der Waals surface area contributed by atoms with Crippen LogP contribution in [-0.4, -0.2) is 21.6 Å². The second-order valence-corrected chi connectivity index (χ2v) is 4.01. The number of ether oxygens (including phenoxy) is 1. The summed E-state index contributed by atoms with van der Waals surface area (Å²) in [6.45, 7) is 4.83. The van der Waals surface area contributed by atoms with Gasteiger partial charge in [-0.05, 0) is 13.3 Å². The van der Waals surface area contributed by atoms with Crippen LogP contribution >= 0.6 is 0 Å². The molecule has 0 saturated heterocycles. The summed E-state index contributed by atoms with van der Waals surface area (Å²) >= 11 is 0. The van der Waals surface area contributed by atoms with Gasteiger partial charge >= 0.3 is 0 Å². The Morgan fingerprint density at radius 2 is 2.21 bits per heavy atom. The van der Waals surface area contributed by atoms with Gasteiger partial charge in [0.05, 0.1) is 19.3 Å². The molecule has 7 nitrogen and oxygen atoms in total. The van der Waals surface area contributed by atoms with Gasteiger partial charge in [0.15, 0.2) is 5.82 Å². The van der Waals surface area contributed by atoms with E-state index in [1.54, 1.807) is 6.20 Å². The number of rotatable bonds is 6. The molecular weight excluding hydrogens is 246 g/mol. The summed E-state index contributed by atoms with van der Waals surface area (Å²) in [7, 11) is 0. The molecule has 0 aliphatic heterocycles. The zero-order chi connectivity index (χ0) is 13.7. The van der Waals surface area contributed by atoms with Crippen LogP contribution in [0.1, 0.15) is 25.0 Å². The molecule has 2 aromatic rings. The number of hydrogen-bond acceptors (Lipinski definition) is 7. The summed E-state index contributed by atoms with van der Waals surface area (Å²) in [4.78, 5) is 12.2. The zero-order valence-corrected chi connectivity index (χ0v) is 11.0. The van der Waals surface area contributed by atoms with Gasteiger partial charge in [-0.25, -0.2) is 9.97 Å². The summed E-state index contributed by atoms with van der Waals surface area (Å²) in [5.41, 5.74) is 6.32. The third kappa shape index (κ3) is 3.34. The van der Waals surface area contributed by atoms with Crippen molar-refractivity contribution in [2.75, 3.05) is 17.7 Å². The number of aromatic nitrogens is 3. The van der Waals surface area contributed by atoms with Gasteiger partial charge in [0, 0.05) is 0 Å². The zero-order valence-electron chi connectivity index (χ0n) is 11.0. The number of nitrogen functional groups attached to an aromatic ring is 1. The maximum atomic E-state index is 5.93. The van der Waals surface area contributed by atoms with E-state index in [0.29, 0.717) is 36.4 Å². The van der Waals surface area contributed by atoms with Crippen molar-refractivity contribution in [3.63, 3.8) is 0 Å². The summed E-state index contributed by atoms with van der Waals surface area (Å²) < 4.78 is 10.8. The summed E-state index contributed by atoms with van der Waals surface area (Å²) in [5, 5.41) is 3.05. The fourth-order valence-electron chi connectivity index (χ4n) is 1.48. The number of oxazole rings is 1. The predicted molar refractivity (Wildman–Crippen MR) is 70.8 cm³/mol. The molecule has 0 amide bonds. The van der Waals surface area contributed by atoms with Crippen molar-refractivity contribution in [1.29, 1.82) is 0 Å². The molecule has 3 N–H and O–H groups in total. The van der Waals surface area contributed by atoms with Crippen molar-refractivity contribution in [2.24, 2.45) is 0 Å². The molecule has 7 heteroatoms. The van der Waals surface area contributed by atoms with Crippen LogP contribution in [0.15, 0.2) is 16.9 Å². The van der Waals surface area contributed by atoms with E-state index in [9.17, 15) is 0 Å². The monoisotopic (exact) mass is 263 g/mol. The van der Waals surface area contributed by atoms with Gasteiger partial charge in [0.1, 0.15) is 17.8 Å². The topological polar surface area (TPSA) is 99.1 Å². The molecule has 2 heterocycles. The highest BCUT2D eigenvalue weighted by molar-refractivity contribution is 5.66. The lowest BCUT2D eigenvalue weighted by Gasteiger charge is -2.10. The predicted octanol–water partition coefficient (Wildman–Crippen LogP) is 1.76. The Labute approximate surface area is 111 Å². The van der Waals surface area contributed by atoms with Gasteiger partial charge in [0.25, 0.3) is 0 Å². The van der Waals surface area contributed by atoms with Gasteiger partial charge in [-0.3, -0.25) is 0 Å². The normalized spacial score (nSPS) is 10.4. The molecule has 0 radical (unpaired) electrons. The van der Waals surface area contributed by atoms with E-state index < -0.39 is 0 Å². The van der Waals surface area contributed by atoms with E-state index in [4.69, 9.17) is 14.9 Å². The van der Waals surface area contributed by atoms with E-state index in [2.05, 4.69) is 20.3 Å². The van der Waals surface area contributed by atoms with Crippen LogP contribution in [-0.2, 0) is 6.54 Å². The van der Waals surface area contributed by atoms with Crippen molar-refractivity contribution >= 4 is 11.5 Å². The summed E-state index contributed by atoms with van der Waals surface area (Å²) in [6.07, 6.45) is 3.96. The van der Waals surface area contributed by atoms with Gasteiger partial charge in [-0.2, -0.15) is 4.98 Å². The Morgan fingerprint density at radius 3 is 2.89 bits per heavy atom. The first-order valence-electron chi connectivity index (χ1n) is 6.09. The second-order valence-electron chi connectivity index (χ2n) is 4.01. The minimum absolute atomic E-state index is 0.388. The Morgan fingerprint density at radius 1 is 1.37 bits per heavy atom. The fourth-order valence-corrected chi connectivity index (χ4v) is 1.48. The van der Waals surface area contributed by atoms with Crippen molar-refractivity contribution < 1.29 is 9.15 Å². The molecule has 2 rings (SSSR count). The highest BCUT2D eigenvalue weighted by Crippen LogP contribution is 2.24. The van der Waals surface area contributed by atoms with Crippen molar-refractivity contribution in [3.05, 3.63) is 24.2 Å². The molecule has 0 bridgehead atoms. The highest BCUT2D eigenvalue weighted by Gasteiger charge is 2.09. The molecule has 0 aliphatic carbocycles. The molecule has 0 atom stereocenters. The van der Waals surface area contributed by atoms with Crippen molar-refractivity contribution in [3.8, 4) is 5.88 Å². The molecule has 0 spiro atoms. The maximum Gasteiger partial charge on any atom is 0.242 e. The molecule has 0 unspecified atom stereocenters. The molecule has 0 aliphatic rings. The minimum atomic E-state index is 0.388. The first-order valence-corrected chi connectivity index (χ1v) is 6.09. The number of nitrogens with zero attached hydrogens (tertiary/aromatic N) is 3. The number of hydrogen-bond donors (Lipinski definition) is 2. The molecule has 102 valence electrons. The fraction of sp³-hybridized carbons (Fsp3) is 0.417. The molecular formula is C12H17N5O2. The lowest BCUT2D eigenvalue weighted by atomic mass is 10.4. The van der Waals surface area contributed by atoms with Crippen LogP contribution in [0.25, 0.3) is 0 Å². The van der Waals surface area contributed by atoms with Crippen LogP contribution in [0.5, 0.6) is 5.88 Å². The Balaban J connectivity index is 2.03. The van der Waals surface area contributed by atoms with Crippen LogP contribution in [0.3, 0.4) is 0 Å². The van der Waals surface area contributed by atoms with E-state index >= 15 is 0 Å². The smallest absolute Gasteiger partial charge is 0.242 e. The van der Waals surface area contributed by atoms with Crippen LogP contribution in [0, 0.1) is 6.92 Å². The lowest BCUT2D eigenvalue weighted by molar-refractivity contribution is 0.306. The Bertz CT molecular complexity index is 541. The van der Waals surface area contributed by atoms with Gasteiger partial charge in [0.2, 0.25) is 11.8 Å². The number of nitrogens with two attached hydrogens (primary N) is 1. The maximum absolute atomic E-state index is 5.93. The SMILES string of the molecule is CCCOc1ncnc(NCc2ncc(C)o2)c1N. The highest BCUT2D eigenvalue weighted by atomic mass is 16.5. The average Bonchev–Trinajstić information content (AvgIpc) is 2.82. The van der Waals surface area contributed by atoms with Crippen molar-refractivity contribution in [1.82, 2.24) is 15.0 Å². The first kappa shape index (κ1) is 13.1.